The predicted molar refractivity (Wildman–Crippen MR) is 102 cm³/mol. The van der Waals surface area contributed by atoms with Crippen LogP contribution in [-0.2, 0) is 6.54 Å². The predicted octanol–water partition coefficient (Wildman–Crippen LogP) is 3.96. The maximum atomic E-state index is 9.84. The van der Waals surface area contributed by atoms with E-state index >= 15 is 0 Å². The molecule has 0 aromatic heterocycles. The van der Waals surface area contributed by atoms with Gasteiger partial charge in [-0.1, -0.05) is 39.7 Å². The molecule has 4 nitrogen and oxygen atoms in total. The molecule has 0 spiro atoms. The third-order valence-corrected chi connectivity index (χ3v) is 4.76. The fourth-order valence-electron chi connectivity index (χ4n) is 2.63. The zero-order chi connectivity index (χ0) is 16.9. The van der Waals surface area contributed by atoms with Crippen molar-refractivity contribution in [2.45, 2.75) is 6.54 Å². The lowest BCUT2D eigenvalue weighted by Crippen LogP contribution is -2.43. The third-order valence-electron chi connectivity index (χ3n) is 4.02. The molecule has 1 N–H and O–H groups in total. The minimum Gasteiger partial charge on any atom is -0.507 e. The van der Waals surface area contributed by atoms with Crippen LogP contribution in [-0.4, -0.2) is 47.4 Å². The van der Waals surface area contributed by atoms with Crippen molar-refractivity contribution in [2.24, 2.45) is 5.10 Å². The molecule has 2 aromatic rings. The summed E-state index contributed by atoms with van der Waals surface area (Å²) in [4.78, 5) is 2.41. The van der Waals surface area contributed by atoms with E-state index in [0.717, 1.165) is 42.2 Å². The minimum atomic E-state index is 0.239. The van der Waals surface area contributed by atoms with E-state index in [-0.39, 0.29) is 5.75 Å². The zero-order valence-corrected chi connectivity index (χ0v) is 15.5. The Morgan fingerprint density at radius 1 is 1.08 bits per heavy atom. The van der Waals surface area contributed by atoms with Gasteiger partial charge in [0.2, 0.25) is 0 Å². The van der Waals surface area contributed by atoms with Gasteiger partial charge in [-0.2, -0.15) is 5.10 Å². The molecule has 2 aromatic carbocycles. The summed E-state index contributed by atoms with van der Waals surface area (Å²) in [7, 11) is 0. The van der Waals surface area contributed by atoms with Gasteiger partial charge in [0, 0.05) is 47.8 Å². The van der Waals surface area contributed by atoms with E-state index in [0.29, 0.717) is 5.56 Å². The summed E-state index contributed by atoms with van der Waals surface area (Å²) in [6, 6.07) is 13.3. The summed E-state index contributed by atoms with van der Waals surface area (Å²) in [5.41, 5.74) is 1.99. The molecular weight excluding hydrogens is 390 g/mol. The number of benzene rings is 2. The van der Waals surface area contributed by atoms with Crippen LogP contribution in [0.2, 0.25) is 5.02 Å². The second-order valence-electron chi connectivity index (χ2n) is 5.80. The molecule has 0 atom stereocenters. The SMILES string of the molecule is Oc1ccc(Br)cc1/C=N/N1CCN(Cc2ccc(Cl)cc2)CC1. The van der Waals surface area contributed by atoms with Crippen molar-refractivity contribution in [1.29, 1.82) is 0 Å². The standard InChI is InChI=1S/C18H19BrClN3O/c19-16-3-6-18(24)15(11-16)12-21-23-9-7-22(8-10-23)13-14-1-4-17(20)5-2-14/h1-6,11-12,24H,7-10,13H2/b21-12+. The van der Waals surface area contributed by atoms with Gasteiger partial charge in [0.05, 0.1) is 6.21 Å². The van der Waals surface area contributed by atoms with E-state index in [1.165, 1.54) is 5.56 Å². The lowest BCUT2D eigenvalue weighted by atomic mass is 10.2. The van der Waals surface area contributed by atoms with Crippen LogP contribution in [0.5, 0.6) is 5.75 Å². The molecule has 0 aliphatic carbocycles. The Labute approximate surface area is 155 Å². The highest BCUT2D eigenvalue weighted by Gasteiger charge is 2.15. The van der Waals surface area contributed by atoms with Crippen LogP contribution in [0.1, 0.15) is 11.1 Å². The Bertz CT molecular complexity index is 713. The van der Waals surface area contributed by atoms with Crippen molar-refractivity contribution < 1.29 is 5.11 Å². The van der Waals surface area contributed by atoms with E-state index in [9.17, 15) is 5.11 Å². The molecule has 1 aliphatic rings. The van der Waals surface area contributed by atoms with Crippen LogP contribution in [0.25, 0.3) is 0 Å². The van der Waals surface area contributed by atoms with Crippen LogP contribution in [0.15, 0.2) is 52.0 Å². The molecule has 1 aliphatic heterocycles. The maximum absolute atomic E-state index is 9.84. The fourth-order valence-corrected chi connectivity index (χ4v) is 3.14. The lowest BCUT2D eigenvalue weighted by Gasteiger charge is -2.33. The van der Waals surface area contributed by atoms with Crippen molar-refractivity contribution in [3.8, 4) is 5.75 Å². The molecule has 0 radical (unpaired) electrons. The van der Waals surface area contributed by atoms with E-state index in [2.05, 4.69) is 38.1 Å². The minimum absolute atomic E-state index is 0.239. The van der Waals surface area contributed by atoms with Crippen molar-refractivity contribution in [3.05, 3.63) is 63.1 Å². The van der Waals surface area contributed by atoms with Gasteiger partial charge in [0.1, 0.15) is 5.75 Å². The molecular formula is C18H19BrClN3O. The molecule has 1 heterocycles. The van der Waals surface area contributed by atoms with Gasteiger partial charge >= 0.3 is 0 Å². The Balaban J connectivity index is 1.52. The third kappa shape index (κ3) is 4.72. The fraction of sp³-hybridized carbons (Fsp3) is 0.278. The highest BCUT2D eigenvalue weighted by atomic mass is 79.9. The second-order valence-corrected chi connectivity index (χ2v) is 7.16. The molecule has 126 valence electrons. The van der Waals surface area contributed by atoms with Gasteiger partial charge in [-0.05, 0) is 35.9 Å². The van der Waals surface area contributed by atoms with Crippen LogP contribution >= 0.6 is 27.5 Å². The van der Waals surface area contributed by atoms with Crippen molar-refractivity contribution in [2.75, 3.05) is 26.2 Å². The molecule has 1 saturated heterocycles. The van der Waals surface area contributed by atoms with Crippen LogP contribution in [0, 0.1) is 0 Å². The summed E-state index contributed by atoms with van der Waals surface area (Å²) in [6.07, 6.45) is 1.72. The average molecular weight is 409 g/mol. The monoisotopic (exact) mass is 407 g/mol. The summed E-state index contributed by atoms with van der Waals surface area (Å²) in [5, 5.41) is 17.1. The Hall–Kier alpha value is -1.56. The van der Waals surface area contributed by atoms with Crippen molar-refractivity contribution in [3.63, 3.8) is 0 Å². The van der Waals surface area contributed by atoms with E-state index in [1.807, 2.05) is 29.3 Å². The van der Waals surface area contributed by atoms with Crippen molar-refractivity contribution >= 4 is 33.7 Å². The van der Waals surface area contributed by atoms with Gasteiger partial charge in [0.15, 0.2) is 0 Å². The van der Waals surface area contributed by atoms with Gasteiger partial charge in [-0.3, -0.25) is 9.91 Å². The zero-order valence-electron chi connectivity index (χ0n) is 13.2. The first-order valence-electron chi connectivity index (χ1n) is 7.84. The highest BCUT2D eigenvalue weighted by molar-refractivity contribution is 9.10. The van der Waals surface area contributed by atoms with Gasteiger partial charge in [-0.15, -0.1) is 0 Å². The number of halogens is 2. The normalized spacial score (nSPS) is 16.0. The van der Waals surface area contributed by atoms with Gasteiger partial charge < -0.3 is 5.11 Å². The molecule has 0 saturated carbocycles. The second kappa shape index (κ2) is 8.01. The smallest absolute Gasteiger partial charge is 0.124 e. The summed E-state index contributed by atoms with van der Waals surface area (Å²) in [5.74, 6) is 0.239. The van der Waals surface area contributed by atoms with Crippen LogP contribution in [0.4, 0.5) is 0 Å². The highest BCUT2D eigenvalue weighted by Crippen LogP contribution is 2.20. The first kappa shape index (κ1) is 17.3. The van der Waals surface area contributed by atoms with Crippen LogP contribution in [0.3, 0.4) is 0 Å². The number of phenols is 1. The number of hydrogen-bond acceptors (Lipinski definition) is 4. The van der Waals surface area contributed by atoms with E-state index in [4.69, 9.17) is 11.6 Å². The summed E-state index contributed by atoms with van der Waals surface area (Å²) in [6.45, 7) is 4.60. The number of phenolic OH excluding ortho intramolecular Hbond substituents is 1. The first-order valence-corrected chi connectivity index (χ1v) is 9.01. The first-order chi connectivity index (χ1) is 11.6. The molecule has 0 bridgehead atoms. The summed E-state index contributed by atoms with van der Waals surface area (Å²) >= 11 is 9.33. The quantitative estimate of drug-likeness (QED) is 0.778. The molecule has 24 heavy (non-hydrogen) atoms. The largest absolute Gasteiger partial charge is 0.507 e. The lowest BCUT2D eigenvalue weighted by molar-refractivity contribution is 0.131. The van der Waals surface area contributed by atoms with Gasteiger partial charge in [0.25, 0.3) is 0 Å². The molecule has 6 heteroatoms. The number of hydrogen-bond donors (Lipinski definition) is 1. The van der Waals surface area contributed by atoms with Crippen LogP contribution < -0.4 is 0 Å². The van der Waals surface area contributed by atoms with Crippen molar-refractivity contribution in [1.82, 2.24) is 9.91 Å². The molecule has 0 unspecified atom stereocenters. The number of rotatable bonds is 4. The van der Waals surface area contributed by atoms with Gasteiger partial charge in [-0.25, -0.2) is 0 Å². The Morgan fingerprint density at radius 2 is 1.79 bits per heavy atom. The molecule has 0 amide bonds. The molecule has 1 fully saturated rings. The Morgan fingerprint density at radius 3 is 2.50 bits per heavy atom. The number of piperazine rings is 1. The maximum Gasteiger partial charge on any atom is 0.124 e. The Kier molecular flexibility index (Phi) is 5.76. The number of aromatic hydroxyl groups is 1. The average Bonchev–Trinajstić information content (AvgIpc) is 2.59. The number of nitrogens with zero attached hydrogens (tertiary/aromatic N) is 3. The topological polar surface area (TPSA) is 39.1 Å². The molecule has 3 rings (SSSR count). The van der Waals surface area contributed by atoms with E-state index in [1.54, 1.807) is 12.3 Å². The van der Waals surface area contributed by atoms with E-state index < -0.39 is 0 Å². The number of hydrazone groups is 1. The summed E-state index contributed by atoms with van der Waals surface area (Å²) < 4.78 is 0.925.